The summed E-state index contributed by atoms with van der Waals surface area (Å²) in [6, 6.07) is 22.6. The number of unbranched alkanes of at least 4 members (excludes halogenated alkanes) is 4. The molecule has 0 aliphatic rings. The van der Waals surface area contributed by atoms with E-state index in [4.69, 9.17) is 3.63 Å². The topological polar surface area (TPSA) is 43.4 Å². The first-order valence-corrected chi connectivity index (χ1v) is 15.7. The van der Waals surface area contributed by atoms with Gasteiger partial charge < -0.3 is 0 Å². The van der Waals surface area contributed by atoms with E-state index in [1.54, 1.807) is 54.6 Å². The van der Waals surface area contributed by atoms with Crippen molar-refractivity contribution in [1.82, 2.24) is 0 Å². The Bertz CT molecular complexity index is 1150. The minimum atomic E-state index is -5.92. The molecule has 0 aliphatic carbocycles. The Hall–Kier alpha value is -2.29. The fourth-order valence-electron chi connectivity index (χ4n) is 4.16. The zero-order chi connectivity index (χ0) is 26.9. The first-order valence-electron chi connectivity index (χ1n) is 12.7. The molecular formula is C29H35F3O3S2. The zero-order valence-electron chi connectivity index (χ0n) is 21.3. The number of aryl methyl sites for hydroxylation is 2. The molecule has 3 aromatic carbocycles. The van der Waals surface area contributed by atoms with Crippen LogP contribution in [-0.4, -0.2) is 13.9 Å². The molecule has 0 amide bonds. The third kappa shape index (κ3) is 7.18. The predicted molar refractivity (Wildman–Crippen MR) is 144 cm³/mol. The summed E-state index contributed by atoms with van der Waals surface area (Å²) in [6.45, 7) is 4.24. The molecule has 0 aromatic heterocycles. The molecule has 0 radical (unpaired) electrons. The number of alkyl halides is 3. The summed E-state index contributed by atoms with van der Waals surface area (Å²) in [5.41, 5.74) is -3.47. The Kier molecular flexibility index (Phi) is 10.3. The van der Waals surface area contributed by atoms with Crippen molar-refractivity contribution >= 4 is 20.4 Å². The molecule has 0 saturated heterocycles. The summed E-state index contributed by atoms with van der Waals surface area (Å²) in [6.07, 6.45) is 8.02. The molecule has 0 saturated carbocycles. The molecule has 8 heteroatoms. The number of hydrogen-bond acceptors (Lipinski definition) is 3. The van der Waals surface area contributed by atoms with Crippen molar-refractivity contribution in [2.24, 2.45) is 0 Å². The quantitative estimate of drug-likeness (QED) is 0.157. The maximum atomic E-state index is 13.7. The highest BCUT2D eigenvalue weighted by Crippen LogP contribution is 2.70. The van der Waals surface area contributed by atoms with E-state index in [1.807, 2.05) is 24.3 Å². The zero-order valence-corrected chi connectivity index (χ0v) is 23.0. The van der Waals surface area contributed by atoms with Crippen LogP contribution in [0.15, 0.2) is 93.5 Å². The molecule has 3 nitrogen and oxygen atoms in total. The van der Waals surface area contributed by atoms with Gasteiger partial charge in [0.25, 0.3) is 0 Å². The summed E-state index contributed by atoms with van der Waals surface area (Å²) in [5.74, 6) is 0. The molecule has 0 aliphatic heterocycles. The van der Waals surface area contributed by atoms with Gasteiger partial charge in [-0.15, -0.1) is 0 Å². The fourth-order valence-corrected chi connectivity index (χ4v) is 8.89. The first kappa shape index (κ1) is 29.3. The van der Waals surface area contributed by atoms with E-state index < -0.39 is 25.9 Å². The lowest BCUT2D eigenvalue weighted by Gasteiger charge is -2.39. The summed E-state index contributed by atoms with van der Waals surface area (Å²) in [7, 11) is -9.18. The van der Waals surface area contributed by atoms with Crippen LogP contribution in [-0.2, 0) is 26.6 Å². The van der Waals surface area contributed by atoms with Crippen molar-refractivity contribution in [3.63, 3.8) is 0 Å². The average Bonchev–Trinajstić information content (AvgIpc) is 2.88. The normalized spacial score (nSPS) is 13.0. The van der Waals surface area contributed by atoms with Gasteiger partial charge in [-0.25, -0.2) is 0 Å². The van der Waals surface area contributed by atoms with Crippen LogP contribution in [0.2, 0.25) is 0 Å². The third-order valence-electron chi connectivity index (χ3n) is 6.20. The lowest BCUT2D eigenvalue weighted by Crippen LogP contribution is -2.27. The summed E-state index contributed by atoms with van der Waals surface area (Å²) in [4.78, 5) is 1.16. The second-order valence-corrected chi connectivity index (χ2v) is 13.5. The second-order valence-electron chi connectivity index (χ2n) is 9.04. The van der Waals surface area contributed by atoms with Gasteiger partial charge in [-0.05, 0) is 83.5 Å². The van der Waals surface area contributed by atoms with E-state index in [9.17, 15) is 21.6 Å². The molecule has 0 N–H and O–H groups in total. The van der Waals surface area contributed by atoms with E-state index in [1.165, 1.54) is 0 Å². The molecule has 3 rings (SSSR count). The fraction of sp³-hybridized carbons (Fsp3) is 0.379. The Balaban J connectivity index is 2.18. The highest BCUT2D eigenvalue weighted by molar-refractivity contribution is 8.33. The summed E-state index contributed by atoms with van der Waals surface area (Å²) in [5, 5.41) is 0. The van der Waals surface area contributed by atoms with Crippen molar-refractivity contribution < 1.29 is 25.2 Å². The average molecular weight is 553 g/mol. The van der Waals surface area contributed by atoms with Gasteiger partial charge in [0.2, 0.25) is 0 Å². The predicted octanol–water partition coefficient (Wildman–Crippen LogP) is 9.21. The van der Waals surface area contributed by atoms with Crippen LogP contribution in [0.4, 0.5) is 13.2 Å². The van der Waals surface area contributed by atoms with Crippen LogP contribution >= 0.6 is 10.3 Å². The number of halogens is 3. The van der Waals surface area contributed by atoms with Gasteiger partial charge in [-0.1, -0.05) is 82.0 Å². The lowest BCUT2D eigenvalue weighted by molar-refractivity contribution is -0.0496. The molecule has 202 valence electrons. The lowest BCUT2D eigenvalue weighted by atomic mass is 10.1. The maximum absolute atomic E-state index is 13.7. The van der Waals surface area contributed by atoms with Crippen molar-refractivity contribution in [2.75, 3.05) is 0 Å². The molecule has 0 fully saturated rings. The Morgan fingerprint density at radius 1 is 0.622 bits per heavy atom. The standard InChI is InChI=1S/C29H35F3O3S2/c1-3-5-8-12-24-16-20-27(21-17-24)36(26-14-10-7-11-15-26,35-37(33,34)29(30,31)32)28-22-18-25(19-23-28)13-9-6-4-2/h7,10-11,14-23H,3-6,8-9,12-13H2,1-2H3. The SMILES string of the molecule is CCCCCc1ccc(S(OS(=O)(=O)C(F)(F)F)(c2ccccc2)c2ccc(CCCCC)cc2)cc1. The van der Waals surface area contributed by atoms with Crippen LogP contribution in [0.3, 0.4) is 0 Å². The molecule has 0 atom stereocenters. The largest absolute Gasteiger partial charge is 0.524 e. The minimum absolute atomic E-state index is 0.375. The monoisotopic (exact) mass is 552 g/mol. The molecular weight excluding hydrogens is 517 g/mol. The van der Waals surface area contributed by atoms with Gasteiger partial charge in [0, 0.05) is 14.7 Å². The molecule has 0 unspecified atom stereocenters. The van der Waals surface area contributed by atoms with Gasteiger partial charge in [-0.2, -0.15) is 25.2 Å². The van der Waals surface area contributed by atoms with Crippen molar-refractivity contribution in [3.8, 4) is 0 Å². The second kappa shape index (κ2) is 13.0. The van der Waals surface area contributed by atoms with Gasteiger partial charge >= 0.3 is 15.6 Å². The van der Waals surface area contributed by atoms with Crippen LogP contribution in [0.1, 0.15) is 63.5 Å². The van der Waals surface area contributed by atoms with Crippen molar-refractivity contribution in [1.29, 1.82) is 0 Å². The Morgan fingerprint density at radius 3 is 1.41 bits per heavy atom. The van der Waals surface area contributed by atoms with Gasteiger partial charge in [-0.3, -0.25) is 0 Å². The smallest absolute Gasteiger partial charge is 0.200 e. The van der Waals surface area contributed by atoms with Crippen LogP contribution in [0.25, 0.3) is 0 Å². The molecule has 0 bridgehead atoms. The van der Waals surface area contributed by atoms with Crippen molar-refractivity contribution in [2.45, 2.75) is 85.4 Å². The molecule has 0 spiro atoms. The molecule has 0 heterocycles. The van der Waals surface area contributed by atoms with Gasteiger partial charge in [0.05, 0.1) is 0 Å². The first-order chi connectivity index (χ1) is 17.6. The van der Waals surface area contributed by atoms with E-state index in [0.29, 0.717) is 14.7 Å². The van der Waals surface area contributed by atoms with E-state index in [2.05, 4.69) is 13.8 Å². The number of benzene rings is 3. The van der Waals surface area contributed by atoms with Crippen LogP contribution in [0.5, 0.6) is 0 Å². The van der Waals surface area contributed by atoms with E-state index in [-0.39, 0.29) is 0 Å². The summed E-state index contributed by atoms with van der Waals surface area (Å²) >= 11 is 0. The van der Waals surface area contributed by atoms with Crippen LogP contribution < -0.4 is 0 Å². The summed E-state index contributed by atoms with van der Waals surface area (Å²) < 4.78 is 71.5. The molecule has 3 aromatic rings. The number of hydrogen-bond donors (Lipinski definition) is 0. The van der Waals surface area contributed by atoms with Gasteiger partial charge in [0.1, 0.15) is 0 Å². The van der Waals surface area contributed by atoms with Crippen LogP contribution in [0, 0.1) is 0 Å². The third-order valence-corrected chi connectivity index (χ3v) is 11.1. The highest BCUT2D eigenvalue weighted by Gasteiger charge is 2.52. The minimum Gasteiger partial charge on any atom is -0.200 e. The van der Waals surface area contributed by atoms with Crippen molar-refractivity contribution in [3.05, 3.63) is 90.0 Å². The Labute approximate surface area is 220 Å². The highest BCUT2D eigenvalue weighted by atomic mass is 32.3. The molecule has 37 heavy (non-hydrogen) atoms. The maximum Gasteiger partial charge on any atom is 0.524 e. The number of rotatable bonds is 13. The Morgan fingerprint density at radius 2 is 1.03 bits per heavy atom. The van der Waals surface area contributed by atoms with Gasteiger partial charge in [0.15, 0.2) is 0 Å². The van der Waals surface area contributed by atoms with E-state index in [0.717, 1.165) is 62.5 Å². The van der Waals surface area contributed by atoms with E-state index >= 15 is 0 Å².